The number of alkyl halides is 1. The zero-order valence-corrected chi connectivity index (χ0v) is 14.9. The summed E-state index contributed by atoms with van der Waals surface area (Å²) in [7, 11) is 2.02. The largest absolute Gasteiger partial charge is 0.360 e. The topological polar surface area (TPSA) is 49.3 Å². The van der Waals surface area contributed by atoms with E-state index in [2.05, 4.69) is 21.8 Å². The van der Waals surface area contributed by atoms with Gasteiger partial charge in [0.2, 0.25) is 5.91 Å². The summed E-state index contributed by atoms with van der Waals surface area (Å²) in [6.45, 7) is 9.91. The monoisotopic (exact) mass is 324 g/mol. The van der Waals surface area contributed by atoms with Crippen molar-refractivity contribution in [1.29, 1.82) is 0 Å². The average Bonchev–Trinajstić information content (AvgIpc) is 2.52. The van der Waals surface area contributed by atoms with Crippen molar-refractivity contribution in [3.63, 3.8) is 0 Å². The van der Waals surface area contributed by atoms with E-state index in [-0.39, 0.29) is 5.91 Å². The van der Waals surface area contributed by atoms with Crippen molar-refractivity contribution in [2.75, 3.05) is 30.9 Å². The van der Waals surface area contributed by atoms with Gasteiger partial charge in [-0.2, -0.15) is 0 Å². The highest BCUT2D eigenvalue weighted by Crippen LogP contribution is 2.29. The number of carbonyl (C=O) groups is 1. The van der Waals surface area contributed by atoms with Crippen molar-refractivity contribution in [3.8, 4) is 0 Å². The SMILES string of the molecule is CCN(C)c1nc(C)nc2c1CN(C(=O)C(C)(C)CCl)CC2. The maximum atomic E-state index is 12.7. The molecule has 0 bridgehead atoms. The number of fused-ring (bicyclic) bond motifs is 1. The third-order valence-corrected chi connectivity index (χ3v) is 4.85. The molecule has 2 rings (SSSR count). The first-order valence-corrected chi connectivity index (χ1v) is 8.26. The van der Waals surface area contributed by atoms with E-state index in [9.17, 15) is 4.79 Å². The summed E-state index contributed by atoms with van der Waals surface area (Å²) in [5.41, 5.74) is 1.59. The van der Waals surface area contributed by atoms with Crippen LogP contribution in [0.25, 0.3) is 0 Å². The summed E-state index contributed by atoms with van der Waals surface area (Å²) >= 11 is 5.95. The number of halogens is 1. The van der Waals surface area contributed by atoms with E-state index < -0.39 is 5.41 Å². The number of amides is 1. The van der Waals surface area contributed by atoms with Crippen LogP contribution in [0.3, 0.4) is 0 Å². The second kappa shape index (κ2) is 6.41. The molecule has 0 saturated carbocycles. The molecule has 0 fully saturated rings. The highest BCUT2D eigenvalue weighted by Gasteiger charge is 2.34. The van der Waals surface area contributed by atoms with Crippen LogP contribution in [-0.2, 0) is 17.8 Å². The Labute approximate surface area is 137 Å². The molecule has 1 amide bonds. The van der Waals surface area contributed by atoms with E-state index in [1.54, 1.807) is 0 Å². The summed E-state index contributed by atoms with van der Waals surface area (Å²) in [5.74, 6) is 2.14. The number of aryl methyl sites for hydroxylation is 1. The van der Waals surface area contributed by atoms with E-state index in [1.807, 2.05) is 32.7 Å². The smallest absolute Gasteiger partial charge is 0.229 e. The third-order valence-electron chi connectivity index (χ3n) is 4.19. The lowest BCUT2D eigenvalue weighted by Crippen LogP contribution is -2.45. The zero-order valence-electron chi connectivity index (χ0n) is 14.1. The number of rotatable bonds is 4. The molecule has 1 aromatic heterocycles. The van der Waals surface area contributed by atoms with Gasteiger partial charge in [-0.25, -0.2) is 9.97 Å². The lowest BCUT2D eigenvalue weighted by molar-refractivity contribution is -0.140. The fourth-order valence-electron chi connectivity index (χ4n) is 2.64. The molecule has 5 nitrogen and oxygen atoms in total. The number of hydrogen-bond acceptors (Lipinski definition) is 4. The Hall–Kier alpha value is -1.36. The fraction of sp³-hybridized carbons (Fsp3) is 0.688. The molecule has 1 aliphatic rings. The first-order valence-electron chi connectivity index (χ1n) is 7.73. The first kappa shape index (κ1) is 17.0. The van der Waals surface area contributed by atoms with Gasteiger partial charge < -0.3 is 9.80 Å². The molecule has 0 spiro atoms. The highest BCUT2D eigenvalue weighted by molar-refractivity contribution is 6.19. The van der Waals surface area contributed by atoms with Crippen LogP contribution in [0.5, 0.6) is 0 Å². The predicted octanol–water partition coefficient (Wildman–Crippen LogP) is 2.39. The highest BCUT2D eigenvalue weighted by atomic mass is 35.5. The number of carbonyl (C=O) groups excluding carboxylic acids is 1. The van der Waals surface area contributed by atoms with Crippen LogP contribution in [0, 0.1) is 12.3 Å². The molecule has 6 heteroatoms. The van der Waals surface area contributed by atoms with Gasteiger partial charge in [-0.1, -0.05) is 0 Å². The molecular weight excluding hydrogens is 300 g/mol. The molecule has 0 N–H and O–H groups in total. The molecule has 2 heterocycles. The van der Waals surface area contributed by atoms with Gasteiger partial charge in [0.05, 0.1) is 17.7 Å². The van der Waals surface area contributed by atoms with Crippen LogP contribution in [-0.4, -0.2) is 46.8 Å². The summed E-state index contributed by atoms with van der Waals surface area (Å²) in [6, 6.07) is 0. The molecule has 0 radical (unpaired) electrons. The molecule has 122 valence electrons. The lowest BCUT2D eigenvalue weighted by Gasteiger charge is -2.35. The molecule has 0 unspecified atom stereocenters. The van der Waals surface area contributed by atoms with E-state index >= 15 is 0 Å². The van der Waals surface area contributed by atoms with Crippen LogP contribution in [0.15, 0.2) is 0 Å². The second-order valence-electron chi connectivity index (χ2n) is 6.53. The Bertz CT molecular complexity index is 574. The number of anilines is 1. The minimum atomic E-state index is -0.540. The van der Waals surface area contributed by atoms with Gasteiger partial charge in [0.1, 0.15) is 11.6 Å². The summed E-state index contributed by atoms with van der Waals surface area (Å²) in [4.78, 5) is 25.8. The molecule has 22 heavy (non-hydrogen) atoms. The van der Waals surface area contributed by atoms with Gasteiger partial charge in [0.15, 0.2) is 0 Å². The van der Waals surface area contributed by atoms with Crippen molar-refractivity contribution in [1.82, 2.24) is 14.9 Å². The first-order chi connectivity index (χ1) is 10.3. The van der Waals surface area contributed by atoms with Crippen LogP contribution in [0.1, 0.15) is 37.9 Å². The van der Waals surface area contributed by atoms with Gasteiger partial charge >= 0.3 is 0 Å². The second-order valence-corrected chi connectivity index (χ2v) is 6.80. The van der Waals surface area contributed by atoms with Gasteiger partial charge in [-0.3, -0.25) is 4.79 Å². The normalized spacial score (nSPS) is 14.7. The average molecular weight is 325 g/mol. The van der Waals surface area contributed by atoms with E-state index in [1.165, 1.54) is 0 Å². The summed E-state index contributed by atoms with van der Waals surface area (Å²) in [5, 5.41) is 0. The lowest BCUT2D eigenvalue weighted by atomic mass is 9.92. The van der Waals surface area contributed by atoms with E-state index in [4.69, 9.17) is 11.6 Å². The van der Waals surface area contributed by atoms with Gasteiger partial charge in [-0.05, 0) is 27.7 Å². The molecule has 1 aliphatic heterocycles. The van der Waals surface area contributed by atoms with Crippen LogP contribution < -0.4 is 4.90 Å². The Morgan fingerprint density at radius 2 is 2.09 bits per heavy atom. The maximum Gasteiger partial charge on any atom is 0.229 e. The van der Waals surface area contributed by atoms with E-state index in [0.717, 1.165) is 35.9 Å². The summed E-state index contributed by atoms with van der Waals surface area (Å²) < 4.78 is 0. The molecule has 0 aromatic carbocycles. The van der Waals surface area contributed by atoms with Crippen molar-refractivity contribution >= 4 is 23.3 Å². The van der Waals surface area contributed by atoms with Crippen LogP contribution in [0.2, 0.25) is 0 Å². The number of nitrogens with zero attached hydrogens (tertiary/aromatic N) is 4. The molecule has 0 aliphatic carbocycles. The van der Waals surface area contributed by atoms with Crippen LogP contribution in [0.4, 0.5) is 5.82 Å². The van der Waals surface area contributed by atoms with Crippen molar-refractivity contribution < 1.29 is 4.79 Å². The minimum Gasteiger partial charge on any atom is -0.360 e. The van der Waals surface area contributed by atoms with E-state index in [0.29, 0.717) is 19.0 Å². The molecular formula is C16H25ClN4O. The van der Waals surface area contributed by atoms with Crippen molar-refractivity contribution in [2.45, 2.75) is 40.7 Å². The van der Waals surface area contributed by atoms with Crippen LogP contribution >= 0.6 is 11.6 Å². The van der Waals surface area contributed by atoms with Gasteiger partial charge in [-0.15, -0.1) is 11.6 Å². The quantitative estimate of drug-likeness (QED) is 0.798. The van der Waals surface area contributed by atoms with Crippen molar-refractivity contribution in [3.05, 3.63) is 17.1 Å². The zero-order chi connectivity index (χ0) is 16.5. The predicted molar refractivity (Wildman–Crippen MR) is 89.3 cm³/mol. The fourth-order valence-corrected chi connectivity index (χ4v) is 2.76. The van der Waals surface area contributed by atoms with Gasteiger partial charge in [0.25, 0.3) is 0 Å². The molecule has 0 atom stereocenters. The molecule has 1 aromatic rings. The molecule has 0 saturated heterocycles. The minimum absolute atomic E-state index is 0.0961. The van der Waals surface area contributed by atoms with Crippen molar-refractivity contribution in [2.24, 2.45) is 5.41 Å². The number of aromatic nitrogens is 2. The maximum absolute atomic E-state index is 12.7. The Balaban J connectivity index is 2.35. The summed E-state index contributed by atoms with van der Waals surface area (Å²) in [6.07, 6.45) is 0.771. The number of hydrogen-bond donors (Lipinski definition) is 0. The third kappa shape index (κ3) is 3.19. The Morgan fingerprint density at radius 3 is 2.68 bits per heavy atom. The van der Waals surface area contributed by atoms with Gasteiger partial charge in [0, 0.05) is 38.0 Å². The Morgan fingerprint density at radius 1 is 1.41 bits per heavy atom. The Kier molecular flexibility index (Phi) is 4.95. The standard InChI is InChI=1S/C16H25ClN4O/c1-6-20(5)14-12-9-21(15(22)16(3,4)10-17)8-7-13(12)18-11(2)19-14/h6-10H2,1-5H3.